The van der Waals surface area contributed by atoms with Crippen LogP contribution in [0.15, 0.2) is 22.7 Å². The summed E-state index contributed by atoms with van der Waals surface area (Å²) >= 11 is 9.31. The van der Waals surface area contributed by atoms with E-state index in [1.54, 1.807) is 17.0 Å². The molecule has 0 bridgehead atoms. The minimum atomic E-state index is -0.471. The van der Waals surface area contributed by atoms with E-state index in [1.165, 1.54) is 0 Å². The Hall–Kier alpha value is -0.940. The first-order chi connectivity index (χ1) is 9.23. The van der Waals surface area contributed by atoms with E-state index < -0.39 is 5.60 Å². The van der Waals surface area contributed by atoms with Gasteiger partial charge >= 0.3 is 6.09 Å². The molecule has 0 saturated carbocycles. The second-order valence-electron chi connectivity index (χ2n) is 5.73. The number of rotatable bonds is 2. The molecular weight excluding hydrogens is 346 g/mol. The van der Waals surface area contributed by atoms with E-state index in [-0.39, 0.29) is 12.2 Å². The number of carbonyl (C=O) groups is 1. The number of amides is 1. The van der Waals surface area contributed by atoms with Crippen LogP contribution in [0.3, 0.4) is 0 Å². The highest BCUT2D eigenvalue weighted by atomic mass is 79.9. The molecule has 0 radical (unpaired) electrons. The maximum atomic E-state index is 11.8. The van der Waals surface area contributed by atoms with Gasteiger partial charge in [0.25, 0.3) is 0 Å². The van der Waals surface area contributed by atoms with E-state index in [9.17, 15) is 4.79 Å². The van der Waals surface area contributed by atoms with Crippen LogP contribution in [0.5, 0.6) is 5.75 Å². The highest BCUT2D eigenvalue weighted by Crippen LogP contribution is 2.27. The zero-order chi connectivity index (χ0) is 14.9. The van der Waals surface area contributed by atoms with Crippen LogP contribution in [0.2, 0.25) is 5.02 Å². The van der Waals surface area contributed by atoms with Crippen molar-refractivity contribution in [2.45, 2.75) is 32.5 Å². The standard InChI is InChI=1S/C14H17BrClNO3/c1-14(2,3)20-13(18)17-7-12(8-17)19-11-5-9(15)4-10(16)6-11/h4-6,12H,7-8H2,1-3H3. The number of carbonyl (C=O) groups excluding carboxylic acids is 1. The van der Waals surface area contributed by atoms with Crippen molar-refractivity contribution in [3.63, 3.8) is 0 Å². The largest absolute Gasteiger partial charge is 0.487 e. The minimum absolute atomic E-state index is 0.0205. The molecule has 0 atom stereocenters. The fourth-order valence-electron chi connectivity index (χ4n) is 1.78. The predicted octanol–water partition coefficient (Wildman–Crippen LogP) is 4.10. The first kappa shape index (κ1) is 15.4. The second kappa shape index (κ2) is 5.82. The van der Waals surface area contributed by atoms with Gasteiger partial charge in [0.1, 0.15) is 17.5 Å². The number of ether oxygens (including phenoxy) is 2. The molecule has 1 saturated heterocycles. The van der Waals surface area contributed by atoms with Gasteiger partial charge in [-0.1, -0.05) is 27.5 Å². The molecule has 1 aromatic carbocycles. The molecule has 0 aliphatic carbocycles. The number of nitrogens with zero attached hydrogens (tertiary/aromatic N) is 1. The molecule has 6 heteroatoms. The van der Waals surface area contributed by atoms with E-state index in [1.807, 2.05) is 26.8 Å². The lowest BCUT2D eigenvalue weighted by Crippen LogP contribution is -2.57. The van der Waals surface area contributed by atoms with Gasteiger partial charge in [-0.15, -0.1) is 0 Å². The highest BCUT2D eigenvalue weighted by Gasteiger charge is 2.35. The monoisotopic (exact) mass is 361 g/mol. The Morgan fingerprint density at radius 1 is 1.35 bits per heavy atom. The predicted molar refractivity (Wildman–Crippen MR) is 81.4 cm³/mol. The quantitative estimate of drug-likeness (QED) is 0.795. The van der Waals surface area contributed by atoms with Crippen LogP contribution in [0.1, 0.15) is 20.8 Å². The van der Waals surface area contributed by atoms with Crippen LogP contribution >= 0.6 is 27.5 Å². The van der Waals surface area contributed by atoms with Gasteiger partial charge in [-0.2, -0.15) is 0 Å². The van der Waals surface area contributed by atoms with Gasteiger partial charge in [-0.05, 0) is 39.0 Å². The Balaban J connectivity index is 1.83. The average Bonchev–Trinajstić information content (AvgIpc) is 2.18. The highest BCUT2D eigenvalue weighted by molar-refractivity contribution is 9.10. The maximum Gasteiger partial charge on any atom is 0.410 e. The van der Waals surface area contributed by atoms with Crippen LogP contribution in [0.4, 0.5) is 4.79 Å². The molecule has 0 N–H and O–H groups in total. The lowest BCUT2D eigenvalue weighted by atomic mass is 10.1. The van der Waals surface area contributed by atoms with E-state index >= 15 is 0 Å². The molecule has 1 aliphatic rings. The number of halogens is 2. The average molecular weight is 363 g/mol. The zero-order valence-corrected chi connectivity index (χ0v) is 14.0. The molecule has 1 aromatic rings. The van der Waals surface area contributed by atoms with Crippen molar-refractivity contribution in [2.75, 3.05) is 13.1 Å². The number of hydrogen-bond donors (Lipinski definition) is 0. The molecule has 4 nitrogen and oxygen atoms in total. The summed E-state index contributed by atoms with van der Waals surface area (Å²) in [6.45, 7) is 6.60. The Morgan fingerprint density at radius 2 is 2.00 bits per heavy atom. The van der Waals surface area contributed by atoms with E-state index in [2.05, 4.69) is 15.9 Å². The van der Waals surface area contributed by atoms with E-state index in [0.717, 1.165) is 4.47 Å². The first-order valence-electron chi connectivity index (χ1n) is 6.33. The van der Waals surface area contributed by atoms with Crippen molar-refractivity contribution >= 4 is 33.6 Å². The summed E-state index contributed by atoms with van der Waals surface area (Å²) in [7, 11) is 0. The van der Waals surface area contributed by atoms with E-state index in [4.69, 9.17) is 21.1 Å². The molecule has 1 heterocycles. The first-order valence-corrected chi connectivity index (χ1v) is 7.51. The van der Waals surface area contributed by atoms with Crippen molar-refractivity contribution < 1.29 is 14.3 Å². The van der Waals surface area contributed by atoms with Crippen LogP contribution in [-0.4, -0.2) is 35.8 Å². The minimum Gasteiger partial charge on any atom is -0.487 e. The summed E-state index contributed by atoms with van der Waals surface area (Å²) in [5.41, 5.74) is -0.471. The van der Waals surface area contributed by atoms with Crippen molar-refractivity contribution in [1.82, 2.24) is 4.90 Å². The Morgan fingerprint density at radius 3 is 2.55 bits per heavy atom. The molecule has 0 spiro atoms. The third kappa shape index (κ3) is 4.28. The SMILES string of the molecule is CC(C)(C)OC(=O)N1CC(Oc2cc(Cl)cc(Br)c2)C1. The molecule has 1 aliphatic heterocycles. The maximum absolute atomic E-state index is 11.8. The summed E-state index contributed by atoms with van der Waals surface area (Å²) in [5.74, 6) is 0.693. The van der Waals surface area contributed by atoms with E-state index in [0.29, 0.717) is 23.9 Å². The molecule has 110 valence electrons. The van der Waals surface area contributed by atoms with Crippen molar-refractivity contribution in [3.8, 4) is 5.75 Å². The second-order valence-corrected chi connectivity index (χ2v) is 7.08. The Kier molecular flexibility index (Phi) is 4.49. The zero-order valence-electron chi connectivity index (χ0n) is 11.7. The van der Waals surface area contributed by atoms with Crippen LogP contribution in [0.25, 0.3) is 0 Å². The van der Waals surface area contributed by atoms with Gasteiger partial charge in [0, 0.05) is 9.50 Å². The Bertz CT molecular complexity index is 489. The fourth-order valence-corrected chi connectivity index (χ4v) is 2.61. The number of likely N-dealkylation sites (tertiary alicyclic amines) is 1. The third-order valence-corrected chi connectivity index (χ3v) is 3.31. The molecular formula is C14H17BrClNO3. The van der Waals surface area contributed by atoms with Crippen molar-refractivity contribution in [2.24, 2.45) is 0 Å². The van der Waals surface area contributed by atoms with Crippen LogP contribution in [-0.2, 0) is 4.74 Å². The molecule has 1 amide bonds. The molecule has 2 rings (SSSR count). The molecule has 0 aromatic heterocycles. The Labute approximate surface area is 132 Å². The lowest BCUT2D eigenvalue weighted by molar-refractivity contribution is -0.0221. The summed E-state index contributed by atoms with van der Waals surface area (Å²) in [6, 6.07) is 5.40. The van der Waals surface area contributed by atoms with Gasteiger partial charge in [-0.3, -0.25) is 0 Å². The number of benzene rings is 1. The van der Waals surface area contributed by atoms with Crippen LogP contribution in [0, 0.1) is 0 Å². The van der Waals surface area contributed by atoms with Crippen LogP contribution < -0.4 is 4.74 Å². The molecule has 0 unspecified atom stereocenters. The van der Waals surface area contributed by atoms with Gasteiger partial charge in [0.05, 0.1) is 13.1 Å². The summed E-state index contributed by atoms with van der Waals surface area (Å²) < 4.78 is 11.9. The normalized spacial score (nSPS) is 15.8. The third-order valence-electron chi connectivity index (χ3n) is 2.64. The summed E-state index contributed by atoms with van der Waals surface area (Å²) in [4.78, 5) is 13.4. The lowest BCUT2D eigenvalue weighted by Gasteiger charge is -2.39. The molecule has 1 fully saturated rings. The smallest absolute Gasteiger partial charge is 0.410 e. The van der Waals surface area contributed by atoms with Gasteiger partial charge in [-0.25, -0.2) is 4.79 Å². The summed E-state index contributed by atoms with van der Waals surface area (Å²) in [5, 5.41) is 0.609. The van der Waals surface area contributed by atoms with Gasteiger partial charge < -0.3 is 14.4 Å². The van der Waals surface area contributed by atoms with Gasteiger partial charge in [0.2, 0.25) is 0 Å². The van der Waals surface area contributed by atoms with Crippen molar-refractivity contribution in [1.29, 1.82) is 0 Å². The molecule has 20 heavy (non-hydrogen) atoms. The summed E-state index contributed by atoms with van der Waals surface area (Å²) in [6.07, 6.45) is -0.322. The van der Waals surface area contributed by atoms with Crippen molar-refractivity contribution in [3.05, 3.63) is 27.7 Å². The fraction of sp³-hybridized carbons (Fsp3) is 0.500. The number of hydrogen-bond acceptors (Lipinski definition) is 3. The topological polar surface area (TPSA) is 38.8 Å². The van der Waals surface area contributed by atoms with Gasteiger partial charge in [0.15, 0.2) is 0 Å².